The lowest BCUT2D eigenvalue weighted by Crippen LogP contribution is -2.17. The Kier molecular flexibility index (Phi) is 5.68. The van der Waals surface area contributed by atoms with Crippen LogP contribution in [0.3, 0.4) is 0 Å². The number of benzene rings is 2. The van der Waals surface area contributed by atoms with Gasteiger partial charge in [0, 0.05) is 19.7 Å². The number of rotatable bonds is 2. The lowest BCUT2D eigenvalue weighted by molar-refractivity contribution is 0.0962. The van der Waals surface area contributed by atoms with Crippen molar-refractivity contribution in [3.8, 4) is 22.6 Å². The predicted octanol–water partition coefficient (Wildman–Crippen LogP) is 1.87. The van der Waals surface area contributed by atoms with Crippen LogP contribution in [0, 0.1) is 5.82 Å². The largest absolute Gasteiger partial charge is 0.507 e. The van der Waals surface area contributed by atoms with Crippen molar-refractivity contribution >= 4 is 5.91 Å². The third-order valence-corrected chi connectivity index (χ3v) is 2.72. The van der Waals surface area contributed by atoms with E-state index in [4.69, 9.17) is 5.11 Å². The van der Waals surface area contributed by atoms with Crippen molar-refractivity contribution < 1.29 is 24.5 Å². The third kappa shape index (κ3) is 3.70. The highest BCUT2D eigenvalue weighted by molar-refractivity contribution is 5.96. The normalized spacial score (nSPS) is 9.52. The molecule has 0 bridgehead atoms. The second kappa shape index (κ2) is 7.25. The van der Waals surface area contributed by atoms with Crippen molar-refractivity contribution in [2.24, 2.45) is 0 Å². The molecule has 0 aliphatic carbocycles. The maximum atomic E-state index is 12.8. The number of aromatic hydroxyl groups is 2. The Morgan fingerprint density at radius 2 is 1.52 bits per heavy atom. The van der Waals surface area contributed by atoms with Gasteiger partial charge in [-0.2, -0.15) is 0 Å². The van der Waals surface area contributed by atoms with Crippen LogP contribution in [0.15, 0.2) is 36.4 Å². The molecule has 0 aliphatic heterocycles. The van der Waals surface area contributed by atoms with Gasteiger partial charge in [0.1, 0.15) is 17.3 Å². The minimum atomic E-state index is -0.420. The Morgan fingerprint density at radius 3 is 1.95 bits per heavy atom. The van der Waals surface area contributed by atoms with Crippen LogP contribution in [-0.4, -0.2) is 35.4 Å². The fourth-order valence-corrected chi connectivity index (χ4v) is 1.80. The molecule has 0 saturated carbocycles. The molecule has 2 aromatic carbocycles. The Bertz CT molecular complexity index is 603. The number of nitrogens with one attached hydrogen (secondary N) is 1. The van der Waals surface area contributed by atoms with Crippen LogP contribution < -0.4 is 5.32 Å². The van der Waals surface area contributed by atoms with E-state index in [1.165, 1.54) is 43.4 Å². The van der Waals surface area contributed by atoms with E-state index in [0.717, 1.165) is 7.11 Å². The van der Waals surface area contributed by atoms with E-state index in [-0.39, 0.29) is 22.6 Å². The van der Waals surface area contributed by atoms with Crippen LogP contribution in [-0.2, 0) is 0 Å². The molecule has 0 saturated heterocycles. The minimum absolute atomic E-state index is 0.142. The van der Waals surface area contributed by atoms with E-state index in [1.807, 2.05) is 0 Å². The second-order valence-corrected chi connectivity index (χ2v) is 3.98. The van der Waals surface area contributed by atoms with Crippen LogP contribution in [0.2, 0.25) is 0 Å². The highest BCUT2D eigenvalue weighted by atomic mass is 19.1. The summed E-state index contributed by atoms with van der Waals surface area (Å²) in [6.45, 7) is 0. The average Bonchev–Trinajstić information content (AvgIpc) is 2.49. The van der Waals surface area contributed by atoms with Gasteiger partial charge in [0.05, 0.1) is 5.56 Å². The molecule has 0 aromatic heterocycles. The van der Waals surface area contributed by atoms with Gasteiger partial charge >= 0.3 is 0 Å². The van der Waals surface area contributed by atoms with Crippen molar-refractivity contribution in [1.29, 1.82) is 0 Å². The van der Waals surface area contributed by atoms with E-state index >= 15 is 0 Å². The fraction of sp³-hybridized carbons (Fsp3) is 0.133. The first kappa shape index (κ1) is 16.5. The molecule has 0 unspecified atom stereocenters. The lowest BCUT2D eigenvalue weighted by atomic mass is 10.0. The predicted molar refractivity (Wildman–Crippen MR) is 76.7 cm³/mol. The fourth-order valence-electron chi connectivity index (χ4n) is 1.80. The van der Waals surface area contributed by atoms with E-state index in [9.17, 15) is 19.4 Å². The van der Waals surface area contributed by atoms with Crippen molar-refractivity contribution in [1.82, 2.24) is 5.32 Å². The summed E-state index contributed by atoms with van der Waals surface area (Å²) in [6.07, 6.45) is 0. The summed E-state index contributed by atoms with van der Waals surface area (Å²) in [5.74, 6) is -1.32. The number of amides is 1. The monoisotopic (exact) mass is 293 g/mol. The summed E-state index contributed by atoms with van der Waals surface area (Å²) in [5, 5.41) is 29.2. The van der Waals surface area contributed by atoms with E-state index in [2.05, 4.69) is 5.32 Å². The van der Waals surface area contributed by atoms with Gasteiger partial charge in [-0.3, -0.25) is 4.79 Å². The molecular formula is C15H16FNO4. The number of carbonyl (C=O) groups is 1. The zero-order chi connectivity index (χ0) is 16.0. The zero-order valence-electron chi connectivity index (χ0n) is 11.6. The number of phenolic OH excluding ortho intramolecular Hbond substituents is 2. The topological polar surface area (TPSA) is 89.8 Å². The Hall–Kier alpha value is -2.60. The molecule has 0 heterocycles. The molecule has 0 fully saturated rings. The van der Waals surface area contributed by atoms with E-state index < -0.39 is 11.7 Å². The number of carbonyl (C=O) groups excluding carboxylic acids is 1. The minimum Gasteiger partial charge on any atom is -0.507 e. The molecule has 0 atom stereocenters. The number of hydrogen-bond donors (Lipinski definition) is 4. The maximum absolute atomic E-state index is 12.8. The summed E-state index contributed by atoms with van der Waals surface area (Å²) in [5.41, 5.74) is 0.760. The summed E-state index contributed by atoms with van der Waals surface area (Å²) < 4.78 is 12.8. The van der Waals surface area contributed by atoms with Gasteiger partial charge in [-0.15, -0.1) is 0 Å². The SMILES string of the molecule is CNC(=O)c1cc(O)c(-c2ccc(F)cc2)c(O)c1.CO. The molecule has 4 N–H and O–H groups in total. The third-order valence-electron chi connectivity index (χ3n) is 2.72. The van der Waals surface area contributed by atoms with Gasteiger partial charge in [0.2, 0.25) is 0 Å². The Morgan fingerprint density at radius 1 is 1.05 bits per heavy atom. The number of aliphatic hydroxyl groups is 1. The molecule has 112 valence electrons. The molecule has 0 spiro atoms. The Balaban J connectivity index is 0.00000106. The zero-order valence-corrected chi connectivity index (χ0v) is 11.6. The van der Waals surface area contributed by atoms with Crippen molar-refractivity contribution in [3.05, 3.63) is 47.8 Å². The highest BCUT2D eigenvalue weighted by Crippen LogP contribution is 2.38. The summed E-state index contributed by atoms with van der Waals surface area (Å²) in [4.78, 5) is 11.4. The molecule has 6 heteroatoms. The van der Waals surface area contributed by atoms with Gasteiger partial charge in [-0.25, -0.2) is 4.39 Å². The van der Waals surface area contributed by atoms with Crippen LogP contribution >= 0.6 is 0 Å². The first-order valence-electron chi connectivity index (χ1n) is 6.01. The second-order valence-electron chi connectivity index (χ2n) is 3.98. The number of aliphatic hydroxyl groups excluding tert-OH is 1. The molecule has 0 radical (unpaired) electrons. The smallest absolute Gasteiger partial charge is 0.251 e. The highest BCUT2D eigenvalue weighted by Gasteiger charge is 2.15. The molecule has 0 aliphatic rings. The maximum Gasteiger partial charge on any atom is 0.251 e. The van der Waals surface area contributed by atoms with Gasteiger partial charge < -0.3 is 20.6 Å². The molecular weight excluding hydrogens is 277 g/mol. The summed E-state index contributed by atoms with van der Waals surface area (Å²) in [6, 6.07) is 7.81. The van der Waals surface area contributed by atoms with Gasteiger partial charge in [-0.05, 0) is 29.8 Å². The first-order chi connectivity index (χ1) is 10.0. The van der Waals surface area contributed by atoms with E-state index in [1.54, 1.807) is 0 Å². The van der Waals surface area contributed by atoms with Crippen molar-refractivity contribution in [2.45, 2.75) is 0 Å². The quantitative estimate of drug-likeness (QED) is 0.680. The molecule has 5 nitrogen and oxygen atoms in total. The van der Waals surface area contributed by atoms with Gasteiger partial charge in [0.15, 0.2) is 0 Å². The molecule has 1 amide bonds. The Labute approximate surface area is 121 Å². The first-order valence-corrected chi connectivity index (χ1v) is 6.01. The average molecular weight is 293 g/mol. The molecule has 2 aromatic rings. The number of phenols is 2. The number of hydrogen-bond acceptors (Lipinski definition) is 4. The van der Waals surface area contributed by atoms with Gasteiger partial charge in [0.25, 0.3) is 5.91 Å². The van der Waals surface area contributed by atoms with Crippen LogP contribution in [0.4, 0.5) is 4.39 Å². The standard InChI is InChI=1S/C14H12FNO3.CH4O/c1-16-14(19)9-6-11(17)13(12(18)7-9)8-2-4-10(15)5-3-8;1-2/h2-7,17-18H,1H3,(H,16,19);2H,1H3. The summed E-state index contributed by atoms with van der Waals surface area (Å²) in [7, 11) is 2.45. The summed E-state index contributed by atoms with van der Waals surface area (Å²) >= 11 is 0. The van der Waals surface area contributed by atoms with Crippen LogP contribution in [0.25, 0.3) is 11.1 Å². The molecule has 21 heavy (non-hydrogen) atoms. The van der Waals surface area contributed by atoms with Gasteiger partial charge in [-0.1, -0.05) is 12.1 Å². The van der Waals surface area contributed by atoms with Crippen LogP contribution in [0.5, 0.6) is 11.5 Å². The lowest BCUT2D eigenvalue weighted by Gasteiger charge is -2.10. The van der Waals surface area contributed by atoms with Crippen molar-refractivity contribution in [3.63, 3.8) is 0 Å². The van der Waals surface area contributed by atoms with E-state index in [0.29, 0.717) is 5.56 Å². The van der Waals surface area contributed by atoms with Crippen LogP contribution in [0.1, 0.15) is 10.4 Å². The van der Waals surface area contributed by atoms with Crippen molar-refractivity contribution in [2.75, 3.05) is 14.2 Å². The number of halogens is 1. The molecule has 2 rings (SSSR count).